The van der Waals surface area contributed by atoms with Crippen LogP contribution in [-0.4, -0.2) is 41.1 Å². The summed E-state index contributed by atoms with van der Waals surface area (Å²) >= 11 is 0. The molecule has 138 valence electrons. The van der Waals surface area contributed by atoms with Crippen LogP contribution in [0.1, 0.15) is 36.1 Å². The van der Waals surface area contributed by atoms with E-state index < -0.39 is 6.10 Å². The minimum Gasteiger partial charge on any atom is -0.496 e. The molecule has 0 spiro atoms. The Kier molecular flexibility index (Phi) is 5.89. The van der Waals surface area contributed by atoms with Crippen LogP contribution in [0.25, 0.3) is 0 Å². The fourth-order valence-electron chi connectivity index (χ4n) is 3.69. The molecule has 1 aliphatic carbocycles. The first-order valence-corrected chi connectivity index (χ1v) is 9.15. The van der Waals surface area contributed by atoms with Gasteiger partial charge in [-0.05, 0) is 36.5 Å². The van der Waals surface area contributed by atoms with Crippen LogP contribution in [0.3, 0.4) is 0 Å². The number of nitrogens with zero attached hydrogens (tertiary/aromatic N) is 2. The number of aromatic nitrogens is 1. The van der Waals surface area contributed by atoms with E-state index >= 15 is 0 Å². The molecule has 0 fully saturated rings. The van der Waals surface area contributed by atoms with E-state index in [4.69, 9.17) is 4.74 Å². The molecule has 0 aliphatic heterocycles. The van der Waals surface area contributed by atoms with E-state index in [0.717, 1.165) is 19.3 Å². The second-order valence-corrected chi connectivity index (χ2v) is 6.79. The molecule has 1 amide bonds. The van der Waals surface area contributed by atoms with Gasteiger partial charge in [0.1, 0.15) is 11.9 Å². The maximum atomic E-state index is 13.1. The smallest absolute Gasteiger partial charge is 0.226 e. The van der Waals surface area contributed by atoms with Gasteiger partial charge in [0, 0.05) is 30.4 Å². The van der Waals surface area contributed by atoms with Crippen LogP contribution in [0, 0.1) is 5.92 Å². The molecule has 5 heteroatoms. The highest BCUT2D eigenvalue weighted by molar-refractivity contribution is 5.80. The van der Waals surface area contributed by atoms with Crippen molar-refractivity contribution < 1.29 is 14.6 Å². The van der Waals surface area contributed by atoms with Crippen molar-refractivity contribution in [3.8, 4) is 5.75 Å². The summed E-state index contributed by atoms with van der Waals surface area (Å²) in [5.41, 5.74) is 3.13. The molecule has 1 aromatic carbocycles. The zero-order valence-corrected chi connectivity index (χ0v) is 15.4. The minimum absolute atomic E-state index is 0.0399. The number of pyridine rings is 1. The van der Waals surface area contributed by atoms with E-state index in [-0.39, 0.29) is 18.4 Å². The largest absolute Gasteiger partial charge is 0.496 e. The van der Waals surface area contributed by atoms with Crippen molar-refractivity contribution in [3.05, 3.63) is 59.4 Å². The average molecular weight is 354 g/mol. The lowest BCUT2D eigenvalue weighted by atomic mass is 10.0. The molecule has 1 heterocycles. The molecule has 2 aromatic rings. The number of carbonyl (C=O) groups excluding carboxylic acids is 1. The Morgan fingerprint density at radius 3 is 2.62 bits per heavy atom. The first-order chi connectivity index (χ1) is 12.6. The van der Waals surface area contributed by atoms with Crippen molar-refractivity contribution in [2.45, 2.75) is 32.3 Å². The normalized spacial score (nSPS) is 14.7. The van der Waals surface area contributed by atoms with E-state index in [1.165, 1.54) is 11.1 Å². The van der Waals surface area contributed by atoms with E-state index in [2.05, 4.69) is 17.1 Å². The maximum absolute atomic E-state index is 13.1. The number of methoxy groups -OCH3 is 1. The van der Waals surface area contributed by atoms with Gasteiger partial charge in [-0.15, -0.1) is 0 Å². The summed E-state index contributed by atoms with van der Waals surface area (Å²) in [6.45, 7) is 2.92. The van der Waals surface area contributed by atoms with Crippen LogP contribution < -0.4 is 4.74 Å². The second kappa shape index (κ2) is 8.32. The van der Waals surface area contributed by atoms with Gasteiger partial charge in [0.05, 0.1) is 13.7 Å². The van der Waals surface area contributed by atoms with Crippen molar-refractivity contribution in [3.63, 3.8) is 0 Å². The van der Waals surface area contributed by atoms with Crippen molar-refractivity contribution in [2.24, 2.45) is 5.92 Å². The number of aliphatic hydroxyl groups excluding tert-OH is 1. The zero-order valence-electron chi connectivity index (χ0n) is 15.4. The molecule has 0 saturated carbocycles. The van der Waals surface area contributed by atoms with Crippen LogP contribution in [-0.2, 0) is 17.6 Å². The highest BCUT2D eigenvalue weighted by atomic mass is 16.5. The third-order valence-electron chi connectivity index (χ3n) is 4.99. The van der Waals surface area contributed by atoms with E-state index in [1.807, 2.05) is 19.1 Å². The Balaban J connectivity index is 1.72. The topological polar surface area (TPSA) is 62.7 Å². The Labute approximate surface area is 154 Å². The molecular weight excluding hydrogens is 328 g/mol. The molecule has 1 N–H and O–H groups in total. The summed E-state index contributed by atoms with van der Waals surface area (Å²) < 4.78 is 5.31. The number of carbonyl (C=O) groups is 1. The zero-order chi connectivity index (χ0) is 18.5. The first-order valence-electron chi connectivity index (χ1n) is 9.15. The Hall–Kier alpha value is -2.40. The van der Waals surface area contributed by atoms with Crippen LogP contribution in [0.15, 0.2) is 42.7 Å². The van der Waals surface area contributed by atoms with Crippen molar-refractivity contribution in [1.82, 2.24) is 9.88 Å². The molecule has 1 aliphatic rings. The quantitative estimate of drug-likeness (QED) is 0.830. The van der Waals surface area contributed by atoms with Crippen LogP contribution in [0.2, 0.25) is 0 Å². The summed E-state index contributed by atoms with van der Waals surface area (Å²) in [5, 5.41) is 10.7. The summed E-state index contributed by atoms with van der Waals surface area (Å²) in [6, 6.07) is 9.96. The molecule has 1 unspecified atom stereocenters. The number of ether oxygens (including phenoxy) is 1. The number of aliphatic hydroxyl groups is 1. The third kappa shape index (κ3) is 3.88. The summed E-state index contributed by atoms with van der Waals surface area (Å²) in [5.74, 6) is 0.663. The Morgan fingerprint density at radius 1 is 1.31 bits per heavy atom. The van der Waals surface area contributed by atoms with Gasteiger partial charge in [0.2, 0.25) is 5.91 Å². The van der Waals surface area contributed by atoms with Gasteiger partial charge >= 0.3 is 0 Å². The molecule has 0 bridgehead atoms. The molecule has 1 atom stereocenters. The molecule has 5 nitrogen and oxygen atoms in total. The number of fused-ring (bicyclic) bond motifs is 1. The fourth-order valence-corrected chi connectivity index (χ4v) is 3.69. The highest BCUT2D eigenvalue weighted by Crippen LogP contribution is 2.29. The van der Waals surface area contributed by atoms with Crippen LogP contribution in [0.5, 0.6) is 5.75 Å². The van der Waals surface area contributed by atoms with Gasteiger partial charge in [0.25, 0.3) is 0 Å². The highest BCUT2D eigenvalue weighted by Gasteiger charge is 2.31. The molecule has 0 saturated heterocycles. The van der Waals surface area contributed by atoms with Crippen LogP contribution >= 0.6 is 0 Å². The van der Waals surface area contributed by atoms with Gasteiger partial charge in [-0.2, -0.15) is 0 Å². The number of benzene rings is 1. The Bertz CT molecular complexity index is 737. The summed E-state index contributed by atoms with van der Waals surface area (Å²) in [6.07, 6.45) is 4.81. The third-order valence-corrected chi connectivity index (χ3v) is 4.99. The lowest BCUT2D eigenvalue weighted by molar-refractivity contribution is -0.136. The van der Waals surface area contributed by atoms with E-state index in [1.54, 1.807) is 30.5 Å². The minimum atomic E-state index is -0.821. The van der Waals surface area contributed by atoms with Gasteiger partial charge in [-0.3, -0.25) is 9.78 Å². The van der Waals surface area contributed by atoms with Crippen molar-refractivity contribution in [2.75, 3.05) is 20.2 Å². The summed E-state index contributed by atoms with van der Waals surface area (Å²) in [4.78, 5) is 19.0. The predicted octanol–water partition coefficient (Wildman–Crippen LogP) is 2.78. The lowest BCUT2D eigenvalue weighted by Gasteiger charge is -2.28. The molecule has 0 radical (unpaired) electrons. The number of hydrogen-bond acceptors (Lipinski definition) is 4. The van der Waals surface area contributed by atoms with Gasteiger partial charge < -0.3 is 14.7 Å². The van der Waals surface area contributed by atoms with E-state index in [9.17, 15) is 9.90 Å². The summed E-state index contributed by atoms with van der Waals surface area (Å²) in [7, 11) is 1.57. The van der Waals surface area contributed by atoms with Crippen molar-refractivity contribution >= 4 is 5.91 Å². The first kappa shape index (κ1) is 18.4. The molecular formula is C21H26N2O3. The van der Waals surface area contributed by atoms with Gasteiger partial charge in [-0.25, -0.2) is 0 Å². The van der Waals surface area contributed by atoms with Gasteiger partial charge in [0.15, 0.2) is 0 Å². The average Bonchev–Trinajstić information content (AvgIpc) is 3.11. The number of rotatable bonds is 7. The van der Waals surface area contributed by atoms with E-state index in [0.29, 0.717) is 17.9 Å². The van der Waals surface area contributed by atoms with Crippen molar-refractivity contribution in [1.29, 1.82) is 0 Å². The Morgan fingerprint density at radius 2 is 2.00 bits per heavy atom. The fraction of sp³-hybridized carbons (Fsp3) is 0.429. The molecule has 1 aromatic heterocycles. The SMILES string of the molecule is CCCN(CC(O)c1cnccc1OC)C(=O)C1Cc2ccccc2C1. The standard InChI is InChI=1S/C21H26N2O3/c1-3-10-23(14-19(24)18-13-22-9-8-20(18)26-2)21(25)17-11-15-6-4-5-7-16(15)12-17/h4-9,13,17,19,24H,3,10-12,14H2,1-2H3. The molecule has 3 rings (SSSR count). The molecule has 26 heavy (non-hydrogen) atoms. The number of hydrogen-bond donors (Lipinski definition) is 1. The number of amides is 1. The second-order valence-electron chi connectivity index (χ2n) is 6.79. The van der Waals surface area contributed by atoms with Crippen LogP contribution in [0.4, 0.5) is 0 Å². The monoisotopic (exact) mass is 354 g/mol. The predicted molar refractivity (Wildman–Crippen MR) is 100.0 cm³/mol. The maximum Gasteiger partial charge on any atom is 0.226 e. The van der Waals surface area contributed by atoms with Gasteiger partial charge in [-0.1, -0.05) is 31.2 Å². The lowest BCUT2D eigenvalue weighted by Crippen LogP contribution is -2.39.